The number of aromatic nitrogens is 1. The quantitative estimate of drug-likeness (QED) is 0.499. The van der Waals surface area contributed by atoms with Gasteiger partial charge in [0.25, 0.3) is 0 Å². The van der Waals surface area contributed by atoms with Crippen LogP contribution in [0.4, 0.5) is 5.13 Å². The summed E-state index contributed by atoms with van der Waals surface area (Å²) in [6, 6.07) is 14.0. The van der Waals surface area contributed by atoms with Crippen molar-refractivity contribution in [3.8, 4) is 11.3 Å². The summed E-state index contributed by atoms with van der Waals surface area (Å²) in [5.41, 5.74) is 3.43. The number of thiazole rings is 1. The summed E-state index contributed by atoms with van der Waals surface area (Å²) in [6.45, 7) is 2.94. The highest BCUT2D eigenvalue weighted by Crippen LogP contribution is 2.33. The number of carbonyl (C=O) groups excluding carboxylic acids is 1. The fraction of sp³-hybridized carbons (Fsp3) is 0.174. The maximum atomic E-state index is 11.7. The molecule has 0 bridgehead atoms. The van der Waals surface area contributed by atoms with E-state index < -0.39 is 15.8 Å². The van der Waals surface area contributed by atoms with Gasteiger partial charge in [-0.1, -0.05) is 36.4 Å². The van der Waals surface area contributed by atoms with Gasteiger partial charge < -0.3 is 10.4 Å². The van der Waals surface area contributed by atoms with Crippen LogP contribution in [0, 0.1) is 0 Å². The number of aliphatic carboxylic acids is 1. The molecule has 3 aromatic rings. The minimum absolute atomic E-state index is 0.223. The topological polar surface area (TPSA) is 113 Å². The summed E-state index contributed by atoms with van der Waals surface area (Å²) in [5.74, 6) is -1.20. The van der Waals surface area contributed by atoms with Crippen molar-refractivity contribution in [2.75, 3.05) is 11.6 Å². The zero-order valence-corrected chi connectivity index (χ0v) is 19.4. The van der Waals surface area contributed by atoms with Gasteiger partial charge in [-0.2, -0.15) is 0 Å². The SMILES string of the molecule is CC(=O)Nc1nc(-c2ccc(/C=C(\C)C(=O)O)cc2)c(Cc2ccc(S(C)(=O)=O)cc2)s1. The average molecular weight is 471 g/mol. The van der Waals surface area contributed by atoms with Gasteiger partial charge in [0.1, 0.15) is 0 Å². The molecule has 2 aromatic carbocycles. The first-order valence-electron chi connectivity index (χ1n) is 9.61. The lowest BCUT2D eigenvalue weighted by Crippen LogP contribution is -2.04. The van der Waals surface area contributed by atoms with Crippen LogP contribution in [0.3, 0.4) is 0 Å². The highest BCUT2D eigenvalue weighted by Gasteiger charge is 2.15. The first kappa shape index (κ1) is 23.4. The van der Waals surface area contributed by atoms with E-state index >= 15 is 0 Å². The first-order valence-corrected chi connectivity index (χ1v) is 12.3. The second-order valence-corrected chi connectivity index (χ2v) is 10.4. The molecule has 2 N–H and O–H groups in total. The van der Waals surface area contributed by atoms with Crippen molar-refractivity contribution in [1.29, 1.82) is 0 Å². The van der Waals surface area contributed by atoms with Crippen LogP contribution in [0.25, 0.3) is 17.3 Å². The largest absolute Gasteiger partial charge is 0.478 e. The predicted octanol–water partition coefficient (Wildman–Crippen LogP) is 4.25. The lowest BCUT2D eigenvalue weighted by atomic mass is 10.0. The van der Waals surface area contributed by atoms with Crippen molar-refractivity contribution in [1.82, 2.24) is 4.98 Å². The number of nitrogens with zero attached hydrogens (tertiary/aromatic N) is 1. The Morgan fingerprint density at radius 1 is 1.06 bits per heavy atom. The number of carbonyl (C=O) groups is 2. The maximum Gasteiger partial charge on any atom is 0.331 e. The van der Waals surface area contributed by atoms with Crippen molar-refractivity contribution in [2.24, 2.45) is 0 Å². The number of benzene rings is 2. The van der Waals surface area contributed by atoms with Gasteiger partial charge in [0.15, 0.2) is 15.0 Å². The number of sulfone groups is 1. The predicted molar refractivity (Wildman–Crippen MR) is 125 cm³/mol. The van der Waals surface area contributed by atoms with Gasteiger partial charge in [-0.25, -0.2) is 18.2 Å². The zero-order chi connectivity index (χ0) is 23.5. The van der Waals surface area contributed by atoms with Crippen molar-refractivity contribution in [2.45, 2.75) is 25.2 Å². The van der Waals surface area contributed by atoms with Gasteiger partial charge in [-0.05, 0) is 36.3 Å². The van der Waals surface area contributed by atoms with Crippen LogP contribution in [0.1, 0.15) is 29.9 Å². The van der Waals surface area contributed by atoms with Crippen molar-refractivity contribution in [3.63, 3.8) is 0 Å². The summed E-state index contributed by atoms with van der Waals surface area (Å²) < 4.78 is 23.4. The monoisotopic (exact) mass is 470 g/mol. The number of hydrogen-bond donors (Lipinski definition) is 2. The van der Waals surface area contributed by atoms with Gasteiger partial charge in [0.2, 0.25) is 5.91 Å². The Morgan fingerprint density at radius 2 is 1.69 bits per heavy atom. The third-order valence-electron chi connectivity index (χ3n) is 4.60. The molecule has 1 aromatic heterocycles. The van der Waals surface area contributed by atoms with E-state index in [1.807, 2.05) is 24.3 Å². The van der Waals surface area contributed by atoms with Crippen molar-refractivity contribution in [3.05, 3.63) is 70.1 Å². The van der Waals surface area contributed by atoms with Crippen LogP contribution in [-0.4, -0.2) is 36.6 Å². The standard InChI is InChI=1S/C23H22N2O5S2/c1-14(22(27)28)12-16-4-8-18(9-5-16)21-20(31-23(25-21)24-15(2)26)13-17-6-10-19(11-7-17)32(3,29)30/h4-12H,13H2,1-3H3,(H,27,28)(H,24,25,26)/b14-12+. The fourth-order valence-corrected chi connectivity index (χ4v) is 4.68. The normalized spacial score (nSPS) is 11.9. The van der Waals surface area contributed by atoms with Crippen molar-refractivity contribution < 1.29 is 23.1 Å². The molecule has 0 spiro atoms. The van der Waals surface area contributed by atoms with E-state index in [2.05, 4.69) is 10.3 Å². The molecule has 3 rings (SSSR count). The van der Waals surface area contributed by atoms with E-state index in [-0.39, 0.29) is 16.4 Å². The van der Waals surface area contributed by atoms with E-state index in [1.165, 1.54) is 31.4 Å². The molecular formula is C23H22N2O5S2. The van der Waals surface area contributed by atoms with Gasteiger partial charge in [-0.3, -0.25) is 4.79 Å². The van der Waals surface area contributed by atoms with Gasteiger partial charge in [0, 0.05) is 35.6 Å². The summed E-state index contributed by atoms with van der Waals surface area (Å²) in [7, 11) is -3.27. The Kier molecular flexibility index (Phi) is 6.90. The lowest BCUT2D eigenvalue weighted by molar-refractivity contribution is -0.132. The highest BCUT2D eigenvalue weighted by molar-refractivity contribution is 7.90. The maximum absolute atomic E-state index is 11.7. The molecule has 7 nitrogen and oxygen atoms in total. The fourth-order valence-electron chi connectivity index (χ4n) is 2.99. The molecule has 0 unspecified atom stereocenters. The minimum Gasteiger partial charge on any atom is -0.478 e. The smallest absolute Gasteiger partial charge is 0.331 e. The van der Waals surface area contributed by atoms with E-state index in [9.17, 15) is 18.0 Å². The molecule has 32 heavy (non-hydrogen) atoms. The molecule has 0 saturated carbocycles. The number of carboxylic acids is 1. The Bertz CT molecular complexity index is 1290. The Morgan fingerprint density at radius 3 is 2.22 bits per heavy atom. The molecule has 0 aliphatic heterocycles. The number of rotatable bonds is 7. The molecule has 0 atom stereocenters. The van der Waals surface area contributed by atoms with E-state index in [0.29, 0.717) is 17.2 Å². The molecule has 9 heteroatoms. The molecule has 0 aliphatic rings. The second-order valence-electron chi connectivity index (χ2n) is 7.32. The number of hydrogen-bond acceptors (Lipinski definition) is 6. The van der Waals surface area contributed by atoms with Gasteiger partial charge >= 0.3 is 5.97 Å². The molecule has 1 heterocycles. The first-order chi connectivity index (χ1) is 15.0. The summed E-state index contributed by atoms with van der Waals surface area (Å²) in [5, 5.41) is 12.2. The van der Waals surface area contributed by atoms with Crippen LogP contribution in [0.15, 0.2) is 59.0 Å². The number of amides is 1. The summed E-state index contributed by atoms with van der Waals surface area (Å²) in [6.07, 6.45) is 3.26. The highest BCUT2D eigenvalue weighted by atomic mass is 32.2. The number of nitrogens with one attached hydrogen (secondary N) is 1. The van der Waals surface area contributed by atoms with Crippen LogP contribution in [0.2, 0.25) is 0 Å². The molecular weight excluding hydrogens is 448 g/mol. The molecule has 0 radical (unpaired) electrons. The van der Waals surface area contributed by atoms with Gasteiger partial charge in [0.05, 0.1) is 10.6 Å². The van der Waals surface area contributed by atoms with Crippen LogP contribution >= 0.6 is 11.3 Å². The molecule has 166 valence electrons. The summed E-state index contributed by atoms with van der Waals surface area (Å²) >= 11 is 1.36. The van der Waals surface area contributed by atoms with Crippen LogP contribution < -0.4 is 5.32 Å². The minimum atomic E-state index is -3.27. The molecule has 1 amide bonds. The Labute approximate surface area is 190 Å². The third kappa shape index (κ3) is 5.89. The third-order valence-corrected chi connectivity index (χ3v) is 6.70. The Hall–Kier alpha value is -3.30. The van der Waals surface area contributed by atoms with Crippen molar-refractivity contribution >= 4 is 44.3 Å². The summed E-state index contributed by atoms with van der Waals surface area (Å²) in [4.78, 5) is 28.3. The lowest BCUT2D eigenvalue weighted by Gasteiger charge is -2.05. The number of anilines is 1. The molecule has 0 saturated heterocycles. The van der Waals surface area contributed by atoms with Gasteiger partial charge in [-0.15, -0.1) is 11.3 Å². The van der Waals surface area contributed by atoms with Crippen LogP contribution in [-0.2, 0) is 25.8 Å². The number of carboxylic acid groups (broad SMARTS) is 1. The molecule has 0 fully saturated rings. The van der Waals surface area contributed by atoms with Crippen LogP contribution in [0.5, 0.6) is 0 Å². The Balaban J connectivity index is 1.95. The average Bonchev–Trinajstić information content (AvgIpc) is 3.09. The van der Waals surface area contributed by atoms with E-state index in [0.717, 1.165) is 21.6 Å². The van der Waals surface area contributed by atoms with E-state index in [4.69, 9.17) is 5.11 Å². The second kappa shape index (κ2) is 9.46. The zero-order valence-electron chi connectivity index (χ0n) is 17.7. The molecule has 0 aliphatic carbocycles. The van der Waals surface area contributed by atoms with E-state index in [1.54, 1.807) is 30.3 Å².